The van der Waals surface area contributed by atoms with Crippen molar-refractivity contribution in [3.05, 3.63) is 69.9 Å². The Labute approximate surface area is 108 Å². The molecule has 0 aliphatic carbocycles. The van der Waals surface area contributed by atoms with E-state index in [-0.39, 0.29) is 5.69 Å². The van der Waals surface area contributed by atoms with Crippen molar-refractivity contribution >= 4 is 17.1 Å². The fourth-order valence-corrected chi connectivity index (χ4v) is 1.37. The molecular weight excluding hydrogens is 248 g/mol. The Balaban J connectivity index is 2.08. The number of benzene rings is 2. The summed E-state index contributed by atoms with van der Waals surface area (Å²) in [5.41, 5.74) is 3.38. The molecule has 7 nitrogen and oxygen atoms in total. The van der Waals surface area contributed by atoms with Gasteiger partial charge < -0.3 is 5.21 Å². The van der Waals surface area contributed by atoms with Crippen molar-refractivity contribution in [2.75, 3.05) is 5.43 Å². The number of hydrogen-bond acceptors (Lipinski definition) is 4. The minimum atomic E-state index is -0.495. The lowest BCUT2D eigenvalue weighted by Gasteiger charge is -2.04. The Kier molecular flexibility index (Phi) is 3.67. The van der Waals surface area contributed by atoms with Crippen molar-refractivity contribution in [3.63, 3.8) is 0 Å². The van der Waals surface area contributed by atoms with E-state index in [0.717, 1.165) is 0 Å². The first-order valence-electron chi connectivity index (χ1n) is 5.40. The first-order chi connectivity index (χ1) is 9.16. The van der Waals surface area contributed by atoms with Crippen molar-refractivity contribution in [2.45, 2.75) is 0 Å². The third-order valence-electron chi connectivity index (χ3n) is 2.33. The fourth-order valence-electron chi connectivity index (χ4n) is 1.37. The maximum Gasteiger partial charge on any atom is 0.269 e. The number of anilines is 1. The second-order valence-corrected chi connectivity index (χ2v) is 3.62. The lowest BCUT2D eigenvalue weighted by atomic mass is 10.3. The maximum absolute atomic E-state index is 11.6. The maximum atomic E-state index is 11.6. The van der Waals surface area contributed by atoms with Gasteiger partial charge in [-0.05, 0) is 24.3 Å². The van der Waals surface area contributed by atoms with Gasteiger partial charge in [-0.3, -0.25) is 10.1 Å². The minimum Gasteiger partial charge on any atom is -0.691 e. The summed E-state index contributed by atoms with van der Waals surface area (Å²) >= 11 is 0. The molecule has 0 amide bonds. The standard InChI is InChI=1S/C12H10N4O3/c17-15(11-4-2-1-3-5-11)14-13-10-6-8-12(9-7-10)16(18)19/h1-9,13H/b15-14+. The molecule has 0 spiro atoms. The largest absolute Gasteiger partial charge is 0.691 e. The molecule has 19 heavy (non-hydrogen) atoms. The zero-order valence-electron chi connectivity index (χ0n) is 9.76. The molecule has 0 radical (unpaired) electrons. The van der Waals surface area contributed by atoms with Crippen molar-refractivity contribution in [3.8, 4) is 0 Å². The number of para-hydroxylation sites is 1. The predicted octanol–water partition coefficient (Wildman–Crippen LogP) is 3.22. The highest BCUT2D eigenvalue weighted by Gasteiger charge is 2.05. The third-order valence-corrected chi connectivity index (χ3v) is 2.33. The van der Waals surface area contributed by atoms with Crippen LogP contribution >= 0.6 is 0 Å². The van der Waals surface area contributed by atoms with E-state index < -0.39 is 4.92 Å². The molecule has 0 heterocycles. The van der Waals surface area contributed by atoms with E-state index in [1.807, 2.05) is 0 Å². The van der Waals surface area contributed by atoms with E-state index in [4.69, 9.17) is 0 Å². The third kappa shape index (κ3) is 3.25. The number of non-ortho nitro benzene ring substituents is 1. The second-order valence-electron chi connectivity index (χ2n) is 3.62. The van der Waals surface area contributed by atoms with Crippen LogP contribution in [0, 0.1) is 15.3 Å². The molecule has 1 N–H and O–H groups in total. The Hall–Kier alpha value is -2.96. The molecule has 96 valence electrons. The van der Waals surface area contributed by atoms with Crippen LogP contribution in [0.4, 0.5) is 17.1 Å². The molecule has 0 atom stereocenters. The van der Waals surface area contributed by atoms with Crippen LogP contribution < -0.4 is 5.43 Å². The minimum absolute atomic E-state index is 0.0208. The van der Waals surface area contributed by atoms with E-state index in [2.05, 4.69) is 10.6 Å². The van der Waals surface area contributed by atoms with Gasteiger partial charge in [0.2, 0.25) is 0 Å². The quantitative estimate of drug-likeness (QED) is 0.394. The average molecular weight is 258 g/mol. The van der Waals surface area contributed by atoms with Gasteiger partial charge in [-0.25, -0.2) is 0 Å². The summed E-state index contributed by atoms with van der Waals surface area (Å²) in [7, 11) is 0. The molecule has 0 aliphatic rings. The highest BCUT2D eigenvalue weighted by Crippen LogP contribution is 2.16. The van der Waals surface area contributed by atoms with E-state index in [0.29, 0.717) is 16.2 Å². The van der Waals surface area contributed by atoms with Crippen LogP contribution in [0.1, 0.15) is 0 Å². The zero-order chi connectivity index (χ0) is 13.7. The van der Waals surface area contributed by atoms with Gasteiger partial charge in [-0.2, -0.15) is 0 Å². The predicted molar refractivity (Wildman–Crippen MR) is 68.9 cm³/mol. The van der Waals surface area contributed by atoms with Crippen LogP contribution in [-0.2, 0) is 0 Å². The summed E-state index contributed by atoms with van der Waals surface area (Å²) in [6.45, 7) is 0. The normalized spacial score (nSPS) is 11.1. The van der Waals surface area contributed by atoms with Gasteiger partial charge in [-0.15, -0.1) is 10.3 Å². The first-order valence-corrected chi connectivity index (χ1v) is 5.40. The molecule has 2 rings (SSSR count). The van der Waals surface area contributed by atoms with Crippen LogP contribution in [-0.4, -0.2) is 9.78 Å². The van der Waals surface area contributed by atoms with Gasteiger partial charge in [0.15, 0.2) is 5.69 Å². The van der Waals surface area contributed by atoms with Crippen molar-refractivity contribution in [1.29, 1.82) is 0 Å². The smallest absolute Gasteiger partial charge is 0.269 e. The van der Waals surface area contributed by atoms with Gasteiger partial charge in [0.05, 0.1) is 10.1 Å². The molecule has 7 heteroatoms. The topological polar surface area (TPSA) is 93.6 Å². The van der Waals surface area contributed by atoms with E-state index in [9.17, 15) is 15.3 Å². The highest BCUT2D eigenvalue weighted by molar-refractivity contribution is 5.47. The van der Waals surface area contributed by atoms with Gasteiger partial charge in [0, 0.05) is 12.1 Å². The summed E-state index contributed by atoms with van der Waals surface area (Å²) in [5, 5.41) is 25.6. The van der Waals surface area contributed by atoms with Crippen LogP contribution in [0.3, 0.4) is 0 Å². The Morgan fingerprint density at radius 3 is 2.11 bits per heavy atom. The number of hydrogen-bond donors (Lipinski definition) is 1. The molecule has 0 bridgehead atoms. The second kappa shape index (κ2) is 5.58. The number of rotatable bonds is 4. The molecule has 0 saturated carbocycles. The van der Waals surface area contributed by atoms with Crippen LogP contribution in [0.15, 0.2) is 59.8 Å². The van der Waals surface area contributed by atoms with E-state index >= 15 is 0 Å². The van der Waals surface area contributed by atoms with Gasteiger partial charge in [0.1, 0.15) is 5.69 Å². The zero-order valence-corrected chi connectivity index (χ0v) is 9.76. The molecule has 0 unspecified atom stereocenters. The summed E-state index contributed by atoms with van der Waals surface area (Å²) in [5.74, 6) is 0. The Morgan fingerprint density at radius 2 is 1.53 bits per heavy atom. The monoisotopic (exact) mass is 258 g/mol. The van der Waals surface area contributed by atoms with Gasteiger partial charge >= 0.3 is 0 Å². The van der Waals surface area contributed by atoms with E-state index in [1.54, 1.807) is 30.3 Å². The van der Waals surface area contributed by atoms with Crippen LogP contribution in [0.5, 0.6) is 0 Å². The SMILES string of the molecule is O=[N+]([O-])c1ccc(N/N=[N+](/[O-])c2ccccc2)cc1. The van der Waals surface area contributed by atoms with E-state index in [1.165, 1.54) is 24.3 Å². The summed E-state index contributed by atoms with van der Waals surface area (Å²) in [6, 6.07) is 14.1. The van der Waals surface area contributed by atoms with Crippen molar-refractivity contribution < 1.29 is 9.78 Å². The van der Waals surface area contributed by atoms with Crippen LogP contribution in [0.25, 0.3) is 0 Å². The Bertz CT molecular complexity index is 596. The number of nitro groups is 1. The van der Waals surface area contributed by atoms with Crippen LogP contribution in [0.2, 0.25) is 0 Å². The van der Waals surface area contributed by atoms with Crippen molar-refractivity contribution in [2.24, 2.45) is 5.22 Å². The molecule has 0 aliphatic heterocycles. The Morgan fingerprint density at radius 1 is 0.895 bits per heavy atom. The average Bonchev–Trinajstić information content (AvgIpc) is 2.46. The lowest BCUT2D eigenvalue weighted by molar-refractivity contribution is -0.439. The fraction of sp³-hybridized carbons (Fsp3) is 0. The number of nitro benzene ring substituents is 1. The molecule has 0 aromatic heterocycles. The number of nitrogens with zero attached hydrogens (tertiary/aromatic N) is 3. The highest BCUT2D eigenvalue weighted by atomic mass is 16.6. The first kappa shape index (κ1) is 12.5. The summed E-state index contributed by atoms with van der Waals surface area (Å²) in [4.78, 5) is 10.4. The summed E-state index contributed by atoms with van der Waals surface area (Å²) < 4.78 is 0. The van der Waals surface area contributed by atoms with Crippen molar-refractivity contribution in [1.82, 2.24) is 0 Å². The van der Waals surface area contributed by atoms with Gasteiger partial charge in [-0.1, -0.05) is 18.2 Å². The molecule has 2 aromatic rings. The summed E-state index contributed by atoms with van der Waals surface area (Å²) in [6.07, 6.45) is 0. The molecule has 0 fully saturated rings. The number of nitrogens with one attached hydrogen (secondary N) is 1. The lowest BCUT2D eigenvalue weighted by Crippen LogP contribution is -1.97. The molecular formula is C12H10N4O3. The molecule has 0 saturated heterocycles. The van der Waals surface area contributed by atoms with Gasteiger partial charge in [0.25, 0.3) is 5.69 Å². The molecule has 2 aromatic carbocycles.